The Morgan fingerprint density at radius 1 is 1.15 bits per heavy atom. The molecule has 0 bridgehead atoms. The number of nitrogens with zero attached hydrogens (tertiary/aromatic N) is 4. The van der Waals surface area contributed by atoms with Crippen molar-refractivity contribution in [2.75, 3.05) is 17.2 Å². The van der Waals surface area contributed by atoms with Crippen molar-refractivity contribution in [2.45, 2.75) is 56.5 Å². The van der Waals surface area contributed by atoms with E-state index in [-0.39, 0.29) is 18.6 Å². The Morgan fingerprint density at radius 3 is 2.82 bits per heavy atom. The first-order chi connectivity index (χ1) is 16.1. The molecule has 170 valence electrons. The van der Waals surface area contributed by atoms with E-state index < -0.39 is 12.2 Å². The Hall–Kier alpha value is -3.14. The summed E-state index contributed by atoms with van der Waals surface area (Å²) < 4.78 is 5.99. The van der Waals surface area contributed by atoms with E-state index in [1.165, 1.54) is 0 Å². The minimum Gasteiger partial charge on any atom is -0.394 e. The molecule has 33 heavy (non-hydrogen) atoms. The van der Waals surface area contributed by atoms with Gasteiger partial charge in [0.1, 0.15) is 11.8 Å². The predicted octanol–water partition coefficient (Wildman–Crippen LogP) is 3.04. The van der Waals surface area contributed by atoms with E-state index in [1.807, 2.05) is 37.3 Å². The van der Waals surface area contributed by atoms with Crippen molar-refractivity contribution < 1.29 is 14.9 Å². The van der Waals surface area contributed by atoms with Gasteiger partial charge in [-0.2, -0.15) is 4.98 Å². The number of pyridine rings is 1. The number of aromatic nitrogens is 3. The Labute approximate surface area is 191 Å². The average Bonchev–Trinajstić information content (AvgIpc) is 3.46. The number of anilines is 3. The highest BCUT2D eigenvalue weighted by atomic mass is 16.5. The van der Waals surface area contributed by atoms with Crippen LogP contribution in [0.3, 0.4) is 0 Å². The van der Waals surface area contributed by atoms with Crippen molar-refractivity contribution in [3.05, 3.63) is 42.2 Å². The largest absolute Gasteiger partial charge is 0.394 e. The summed E-state index contributed by atoms with van der Waals surface area (Å²) >= 11 is 0. The van der Waals surface area contributed by atoms with Crippen LogP contribution in [0.2, 0.25) is 0 Å². The average molecular weight is 447 g/mol. The van der Waals surface area contributed by atoms with Crippen LogP contribution in [0.4, 0.5) is 23.1 Å². The highest BCUT2D eigenvalue weighted by Crippen LogP contribution is 2.45. The van der Waals surface area contributed by atoms with Gasteiger partial charge in [0.2, 0.25) is 5.95 Å². The van der Waals surface area contributed by atoms with Crippen LogP contribution < -0.4 is 10.6 Å². The van der Waals surface area contributed by atoms with Crippen molar-refractivity contribution in [1.82, 2.24) is 15.0 Å². The lowest BCUT2D eigenvalue weighted by molar-refractivity contribution is -0.0237. The van der Waals surface area contributed by atoms with Crippen LogP contribution in [0, 0.1) is 0 Å². The van der Waals surface area contributed by atoms with Gasteiger partial charge < -0.3 is 25.6 Å². The molecule has 1 aromatic carbocycles. The zero-order valence-electron chi connectivity index (χ0n) is 18.3. The number of nitrogens with one attached hydrogen (secondary N) is 2. The molecule has 0 spiro atoms. The molecule has 9 heteroatoms. The van der Waals surface area contributed by atoms with Gasteiger partial charge in [-0.05, 0) is 44.0 Å². The Bertz CT molecular complexity index is 1240. The van der Waals surface area contributed by atoms with E-state index in [0.717, 1.165) is 46.5 Å². The molecule has 1 saturated carbocycles. The van der Waals surface area contributed by atoms with E-state index in [9.17, 15) is 10.2 Å². The molecule has 3 aromatic rings. The maximum Gasteiger partial charge on any atom is 0.229 e. The highest BCUT2D eigenvalue weighted by molar-refractivity contribution is 5.99. The summed E-state index contributed by atoms with van der Waals surface area (Å²) in [6.45, 7) is 1.74. The Morgan fingerprint density at radius 2 is 2.03 bits per heavy atom. The van der Waals surface area contributed by atoms with Gasteiger partial charge in [-0.3, -0.25) is 9.98 Å². The molecular weight excluding hydrogens is 420 g/mol. The first kappa shape index (κ1) is 20.5. The van der Waals surface area contributed by atoms with Gasteiger partial charge in [-0.15, -0.1) is 0 Å². The van der Waals surface area contributed by atoms with Crippen molar-refractivity contribution in [1.29, 1.82) is 0 Å². The molecule has 4 heterocycles. The molecule has 2 fully saturated rings. The predicted molar refractivity (Wildman–Crippen MR) is 126 cm³/mol. The number of hydrogen-bond donors (Lipinski definition) is 4. The van der Waals surface area contributed by atoms with Crippen molar-refractivity contribution in [3.8, 4) is 0 Å². The summed E-state index contributed by atoms with van der Waals surface area (Å²) in [6, 6.07) is 10.2. The van der Waals surface area contributed by atoms with Crippen LogP contribution in [-0.2, 0) is 4.74 Å². The second-order valence-electron chi connectivity index (χ2n) is 8.98. The molecule has 1 saturated heterocycles. The van der Waals surface area contributed by atoms with Gasteiger partial charge in [0.25, 0.3) is 0 Å². The standard InChI is InChI=1S/C24H26N6O3/c1-12-20(18-10-17(32)19(11-31)33-18)21-22(26-12)23(27-13-7-8-13)30-24(29-21)28-16-6-2-5-15-14(16)4-3-9-25-15/h2-6,9,13,17-20,31-32H,7-8,10-11H2,1H3,(H2,27,28,29,30). The SMILES string of the molecule is CC1=Nc2c(NC3CC3)nc(Nc3cccc4ncccc34)nc2C1C1CC(O)C(CO)O1. The third-order valence-electron chi connectivity index (χ3n) is 6.56. The zero-order chi connectivity index (χ0) is 22.5. The Kier molecular flexibility index (Phi) is 4.97. The second-order valence-corrected chi connectivity index (χ2v) is 8.98. The van der Waals surface area contributed by atoms with Crippen LogP contribution in [0.15, 0.2) is 41.5 Å². The summed E-state index contributed by atoms with van der Waals surface area (Å²) in [5, 5.41) is 27.7. The fourth-order valence-electron chi connectivity index (χ4n) is 4.74. The third kappa shape index (κ3) is 3.72. The fraction of sp³-hybridized carbons (Fsp3) is 0.417. The lowest BCUT2D eigenvalue weighted by atomic mass is 9.92. The van der Waals surface area contributed by atoms with Crippen LogP contribution in [-0.4, -0.2) is 61.8 Å². The minimum absolute atomic E-state index is 0.205. The summed E-state index contributed by atoms with van der Waals surface area (Å²) in [4.78, 5) is 18.9. The number of hydrogen-bond acceptors (Lipinski definition) is 9. The van der Waals surface area contributed by atoms with Gasteiger partial charge in [0.15, 0.2) is 5.82 Å². The summed E-state index contributed by atoms with van der Waals surface area (Å²) in [6.07, 6.45) is 2.82. The second kappa shape index (κ2) is 8.02. The van der Waals surface area contributed by atoms with Gasteiger partial charge >= 0.3 is 0 Å². The van der Waals surface area contributed by atoms with Crippen molar-refractivity contribution >= 4 is 39.8 Å². The highest BCUT2D eigenvalue weighted by Gasteiger charge is 2.44. The Balaban J connectivity index is 1.40. The number of aliphatic hydroxyl groups excluding tert-OH is 2. The molecule has 0 radical (unpaired) electrons. The van der Waals surface area contributed by atoms with E-state index in [0.29, 0.717) is 24.2 Å². The first-order valence-corrected chi connectivity index (χ1v) is 11.4. The lowest BCUT2D eigenvalue weighted by Gasteiger charge is -2.21. The quantitative estimate of drug-likeness (QED) is 0.455. The molecule has 1 aliphatic carbocycles. The van der Waals surface area contributed by atoms with Crippen LogP contribution in [0.25, 0.3) is 10.9 Å². The molecule has 4 N–H and O–H groups in total. The monoisotopic (exact) mass is 446 g/mol. The van der Waals surface area contributed by atoms with E-state index >= 15 is 0 Å². The van der Waals surface area contributed by atoms with E-state index in [1.54, 1.807) is 6.20 Å². The smallest absolute Gasteiger partial charge is 0.229 e. The molecule has 0 amide bonds. The number of benzene rings is 1. The van der Waals surface area contributed by atoms with Gasteiger partial charge in [0, 0.05) is 29.8 Å². The van der Waals surface area contributed by atoms with E-state index in [2.05, 4.69) is 15.6 Å². The van der Waals surface area contributed by atoms with Crippen LogP contribution in [0.5, 0.6) is 0 Å². The molecule has 2 aromatic heterocycles. The summed E-state index contributed by atoms with van der Waals surface area (Å²) in [5.41, 5.74) is 4.15. The van der Waals surface area contributed by atoms with Crippen molar-refractivity contribution in [3.63, 3.8) is 0 Å². The van der Waals surface area contributed by atoms with Crippen molar-refractivity contribution in [2.24, 2.45) is 4.99 Å². The lowest BCUT2D eigenvalue weighted by Crippen LogP contribution is -2.26. The molecule has 9 nitrogen and oxygen atoms in total. The minimum atomic E-state index is -0.705. The zero-order valence-corrected chi connectivity index (χ0v) is 18.3. The van der Waals surface area contributed by atoms with Crippen LogP contribution >= 0.6 is 0 Å². The maximum atomic E-state index is 10.3. The molecular formula is C24H26N6O3. The molecule has 4 unspecified atom stereocenters. The maximum absolute atomic E-state index is 10.3. The summed E-state index contributed by atoms with van der Waals surface area (Å²) in [5.74, 6) is 0.978. The topological polar surface area (TPSA) is 125 Å². The number of rotatable bonds is 6. The third-order valence-corrected chi connectivity index (χ3v) is 6.56. The number of aliphatic imine (C=N–C) groups is 1. The molecule has 2 aliphatic heterocycles. The van der Waals surface area contributed by atoms with Gasteiger partial charge in [-0.1, -0.05) is 6.07 Å². The molecule has 6 rings (SSSR count). The fourth-order valence-corrected chi connectivity index (χ4v) is 4.74. The summed E-state index contributed by atoms with van der Waals surface area (Å²) in [7, 11) is 0. The first-order valence-electron chi connectivity index (χ1n) is 11.4. The normalized spacial score (nSPS) is 26.3. The molecule has 4 atom stereocenters. The van der Waals surface area contributed by atoms with Crippen LogP contribution in [0.1, 0.15) is 37.8 Å². The molecule has 3 aliphatic rings. The van der Waals surface area contributed by atoms with Gasteiger partial charge in [-0.25, -0.2) is 4.98 Å². The number of fused-ring (bicyclic) bond motifs is 2. The number of ether oxygens (including phenoxy) is 1. The number of aliphatic hydroxyl groups is 2. The van der Waals surface area contributed by atoms with E-state index in [4.69, 9.17) is 19.7 Å². The van der Waals surface area contributed by atoms with Gasteiger partial charge in [0.05, 0.1) is 41.6 Å².